The van der Waals surface area contributed by atoms with Crippen LogP contribution in [0.1, 0.15) is 27.2 Å². The maximum absolute atomic E-state index is 11.0. The fourth-order valence-corrected chi connectivity index (χ4v) is 0.677. The lowest BCUT2D eigenvalue weighted by atomic mass is 10.1. The summed E-state index contributed by atoms with van der Waals surface area (Å²) >= 11 is 0. The van der Waals surface area contributed by atoms with Gasteiger partial charge < -0.3 is 4.74 Å². The predicted octanol–water partition coefficient (Wildman–Crippen LogP) is 1.21. The van der Waals surface area contributed by atoms with Crippen molar-refractivity contribution >= 4 is 11.6 Å². The second-order valence-corrected chi connectivity index (χ2v) is 3.13. The SMILES string of the molecule is CC(=O)COCCC(=O)C(C)C. The van der Waals surface area contributed by atoms with Crippen molar-refractivity contribution in [1.29, 1.82) is 0 Å². The number of hydrogen-bond acceptors (Lipinski definition) is 3. The van der Waals surface area contributed by atoms with E-state index < -0.39 is 0 Å². The molecule has 0 aromatic heterocycles. The minimum Gasteiger partial charge on any atom is -0.373 e. The Kier molecular flexibility index (Phi) is 5.54. The van der Waals surface area contributed by atoms with Crippen LogP contribution < -0.4 is 0 Å². The van der Waals surface area contributed by atoms with E-state index in [0.29, 0.717) is 13.0 Å². The van der Waals surface area contributed by atoms with E-state index in [-0.39, 0.29) is 24.1 Å². The Labute approximate surface area is 73.1 Å². The number of ketones is 2. The van der Waals surface area contributed by atoms with E-state index in [1.54, 1.807) is 0 Å². The number of Topliss-reactive ketones (excluding diaryl/α,β-unsaturated/α-hetero) is 2. The van der Waals surface area contributed by atoms with Gasteiger partial charge in [0.15, 0.2) is 5.78 Å². The van der Waals surface area contributed by atoms with Gasteiger partial charge in [-0.05, 0) is 6.92 Å². The maximum atomic E-state index is 11.0. The van der Waals surface area contributed by atoms with Crippen molar-refractivity contribution in [3.8, 4) is 0 Å². The summed E-state index contributed by atoms with van der Waals surface area (Å²) in [5.74, 6) is 0.233. The summed E-state index contributed by atoms with van der Waals surface area (Å²) < 4.78 is 4.95. The highest BCUT2D eigenvalue weighted by Gasteiger charge is 2.06. The molecule has 0 atom stereocenters. The van der Waals surface area contributed by atoms with Crippen LogP contribution in [-0.2, 0) is 14.3 Å². The van der Waals surface area contributed by atoms with E-state index in [0.717, 1.165) is 0 Å². The first kappa shape index (κ1) is 11.3. The number of rotatable bonds is 6. The van der Waals surface area contributed by atoms with Crippen LogP contribution in [0.25, 0.3) is 0 Å². The lowest BCUT2D eigenvalue weighted by molar-refractivity contribution is -0.126. The highest BCUT2D eigenvalue weighted by atomic mass is 16.5. The average Bonchev–Trinajstić information content (AvgIpc) is 1.97. The van der Waals surface area contributed by atoms with Gasteiger partial charge in [0, 0.05) is 12.3 Å². The van der Waals surface area contributed by atoms with Crippen LogP contribution in [0.5, 0.6) is 0 Å². The van der Waals surface area contributed by atoms with Gasteiger partial charge in [-0.1, -0.05) is 13.8 Å². The second-order valence-electron chi connectivity index (χ2n) is 3.13. The third kappa shape index (κ3) is 6.04. The van der Waals surface area contributed by atoms with Crippen LogP contribution in [0.4, 0.5) is 0 Å². The average molecular weight is 172 g/mol. The molecule has 0 unspecified atom stereocenters. The van der Waals surface area contributed by atoms with Crippen molar-refractivity contribution in [1.82, 2.24) is 0 Å². The Bertz CT molecular complexity index is 161. The Hall–Kier alpha value is -0.700. The number of hydrogen-bond donors (Lipinski definition) is 0. The molecule has 70 valence electrons. The topological polar surface area (TPSA) is 43.4 Å². The first-order chi connectivity index (χ1) is 5.54. The van der Waals surface area contributed by atoms with Crippen LogP contribution in [0.3, 0.4) is 0 Å². The molecule has 0 aliphatic rings. The summed E-state index contributed by atoms with van der Waals surface area (Å²) in [6, 6.07) is 0. The van der Waals surface area contributed by atoms with Crippen LogP contribution in [0.2, 0.25) is 0 Å². The van der Waals surface area contributed by atoms with Crippen molar-refractivity contribution in [3.63, 3.8) is 0 Å². The second kappa shape index (κ2) is 5.89. The molecule has 0 heterocycles. The van der Waals surface area contributed by atoms with E-state index in [1.165, 1.54) is 6.92 Å². The molecular formula is C9H16O3. The normalized spacial score (nSPS) is 10.3. The van der Waals surface area contributed by atoms with E-state index in [4.69, 9.17) is 4.74 Å². The molecule has 0 aromatic rings. The molecule has 0 saturated carbocycles. The number of carbonyl (C=O) groups is 2. The summed E-state index contributed by atoms with van der Waals surface area (Å²) in [6.07, 6.45) is 0.408. The molecule has 12 heavy (non-hydrogen) atoms. The molecular weight excluding hydrogens is 156 g/mol. The molecule has 0 amide bonds. The van der Waals surface area contributed by atoms with Gasteiger partial charge in [0.2, 0.25) is 0 Å². The van der Waals surface area contributed by atoms with Gasteiger partial charge in [-0.25, -0.2) is 0 Å². The number of carbonyl (C=O) groups excluding carboxylic acids is 2. The Balaban J connectivity index is 3.32. The molecule has 0 aromatic carbocycles. The molecule has 0 aliphatic carbocycles. The van der Waals surface area contributed by atoms with Crippen LogP contribution in [0.15, 0.2) is 0 Å². The zero-order chi connectivity index (χ0) is 9.56. The molecule has 3 heteroatoms. The number of ether oxygens (including phenoxy) is 1. The monoisotopic (exact) mass is 172 g/mol. The summed E-state index contributed by atoms with van der Waals surface area (Å²) in [7, 11) is 0. The Morgan fingerprint density at radius 3 is 2.33 bits per heavy atom. The third-order valence-corrected chi connectivity index (χ3v) is 1.44. The minimum absolute atomic E-state index is 0.00741. The van der Waals surface area contributed by atoms with Gasteiger partial charge in [-0.3, -0.25) is 9.59 Å². The molecule has 0 fully saturated rings. The van der Waals surface area contributed by atoms with E-state index in [9.17, 15) is 9.59 Å². The summed E-state index contributed by atoms with van der Waals surface area (Å²) in [5.41, 5.74) is 0. The van der Waals surface area contributed by atoms with Crippen molar-refractivity contribution in [2.75, 3.05) is 13.2 Å². The first-order valence-electron chi connectivity index (χ1n) is 4.14. The largest absolute Gasteiger partial charge is 0.373 e. The van der Waals surface area contributed by atoms with E-state index >= 15 is 0 Å². The van der Waals surface area contributed by atoms with Crippen molar-refractivity contribution < 1.29 is 14.3 Å². The molecule has 0 bridgehead atoms. The standard InChI is InChI=1S/C9H16O3/c1-7(2)9(11)4-5-12-6-8(3)10/h7H,4-6H2,1-3H3. The van der Waals surface area contributed by atoms with E-state index in [1.807, 2.05) is 13.8 Å². The van der Waals surface area contributed by atoms with Crippen molar-refractivity contribution in [2.45, 2.75) is 27.2 Å². The molecule has 0 N–H and O–H groups in total. The lowest BCUT2D eigenvalue weighted by Crippen LogP contribution is -2.12. The molecule has 0 rings (SSSR count). The maximum Gasteiger partial charge on any atom is 0.155 e. The Morgan fingerprint density at radius 1 is 1.33 bits per heavy atom. The smallest absolute Gasteiger partial charge is 0.155 e. The summed E-state index contributed by atoms with van der Waals surface area (Å²) in [6.45, 7) is 5.65. The summed E-state index contributed by atoms with van der Waals surface area (Å²) in [5, 5.41) is 0. The van der Waals surface area contributed by atoms with Gasteiger partial charge in [0.25, 0.3) is 0 Å². The Morgan fingerprint density at radius 2 is 1.92 bits per heavy atom. The van der Waals surface area contributed by atoms with Gasteiger partial charge in [0.05, 0.1) is 6.61 Å². The minimum atomic E-state index is -0.00741. The zero-order valence-corrected chi connectivity index (χ0v) is 7.92. The zero-order valence-electron chi connectivity index (χ0n) is 7.92. The van der Waals surface area contributed by atoms with Crippen LogP contribution in [-0.4, -0.2) is 24.8 Å². The van der Waals surface area contributed by atoms with Crippen molar-refractivity contribution in [2.24, 2.45) is 5.92 Å². The molecule has 0 saturated heterocycles. The lowest BCUT2D eigenvalue weighted by Gasteiger charge is -2.03. The van der Waals surface area contributed by atoms with Gasteiger partial charge >= 0.3 is 0 Å². The highest BCUT2D eigenvalue weighted by molar-refractivity contribution is 5.80. The van der Waals surface area contributed by atoms with Gasteiger partial charge in [0.1, 0.15) is 12.4 Å². The van der Waals surface area contributed by atoms with Gasteiger partial charge in [-0.2, -0.15) is 0 Å². The molecule has 3 nitrogen and oxygen atoms in total. The predicted molar refractivity (Wildman–Crippen MR) is 46.0 cm³/mol. The fourth-order valence-electron chi connectivity index (χ4n) is 0.677. The van der Waals surface area contributed by atoms with E-state index in [2.05, 4.69) is 0 Å². The highest BCUT2D eigenvalue weighted by Crippen LogP contribution is 1.98. The molecule has 0 radical (unpaired) electrons. The quantitative estimate of drug-likeness (QED) is 0.565. The molecule has 0 aliphatic heterocycles. The van der Waals surface area contributed by atoms with Crippen LogP contribution >= 0.6 is 0 Å². The fraction of sp³-hybridized carbons (Fsp3) is 0.778. The van der Waals surface area contributed by atoms with Crippen molar-refractivity contribution in [3.05, 3.63) is 0 Å². The van der Waals surface area contributed by atoms with Crippen LogP contribution in [0, 0.1) is 5.92 Å². The molecule has 0 spiro atoms. The first-order valence-corrected chi connectivity index (χ1v) is 4.14. The van der Waals surface area contributed by atoms with Gasteiger partial charge in [-0.15, -0.1) is 0 Å². The third-order valence-electron chi connectivity index (χ3n) is 1.44. The summed E-state index contributed by atoms with van der Waals surface area (Å²) in [4.78, 5) is 21.4.